The number of aromatic nitrogens is 1. The molecule has 1 aliphatic rings. The van der Waals surface area contributed by atoms with Gasteiger partial charge in [0, 0.05) is 52.5 Å². The molecule has 2 atom stereocenters. The van der Waals surface area contributed by atoms with Crippen molar-refractivity contribution >= 4 is 49.8 Å². The average Bonchev–Trinajstić information content (AvgIpc) is 3.66. The Balaban J connectivity index is 1.30. The highest BCUT2D eigenvalue weighted by Crippen LogP contribution is 2.45. The minimum absolute atomic E-state index is 0.157. The van der Waals surface area contributed by atoms with Crippen LogP contribution in [0.15, 0.2) is 121 Å². The predicted molar refractivity (Wildman–Crippen MR) is 185 cm³/mol. The Morgan fingerprint density at radius 3 is 2.26 bits per heavy atom. The topological polar surface area (TPSA) is 114 Å². The molecule has 0 bridgehead atoms. The lowest BCUT2D eigenvalue weighted by atomic mass is 9.82. The van der Waals surface area contributed by atoms with Crippen molar-refractivity contribution in [2.24, 2.45) is 5.73 Å². The van der Waals surface area contributed by atoms with Gasteiger partial charge in [0.05, 0.1) is 0 Å². The first kappa shape index (κ1) is 29.6. The molecule has 1 aliphatic heterocycles. The van der Waals surface area contributed by atoms with E-state index in [1.54, 1.807) is 17.5 Å². The fourth-order valence-electron chi connectivity index (χ4n) is 7.13. The highest BCUT2D eigenvalue weighted by atomic mass is 32.1. The van der Waals surface area contributed by atoms with Crippen LogP contribution in [-0.4, -0.2) is 33.9 Å². The zero-order valence-corrected chi connectivity index (χ0v) is 26.1. The van der Waals surface area contributed by atoms with E-state index < -0.39 is 11.6 Å². The number of rotatable bonds is 9. The molecule has 46 heavy (non-hydrogen) atoms. The molecule has 0 spiro atoms. The van der Waals surface area contributed by atoms with Gasteiger partial charge in [-0.05, 0) is 46.0 Å². The van der Waals surface area contributed by atoms with E-state index in [1.807, 2.05) is 95.9 Å². The Kier molecular flexibility index (Phi) is 7.98. The zero-order chi connectivity index (χ0) is 31.7. The number of likely N-dealkylation sites (tertiary alicyclic amines) is 1. The van der Waals surface area contributed by atoms with Crippen LogP contribution >= 0.6 is 11.3 Å². The lowest BCUT2D eigenvalue weighted by Gasteiger charge is -2.41. The minimum Gasteiger partial charge on any atom is -0.383 e. The number of nitrogens with two attached hydrogens (primary N) is 2. The van der Waals surface area contributed by atoms with E-state index in [1.165, 1.54) is 0 Å². The average molecular weight is 626 g/mol. The predicted octanol–water partition coefficient (Wildman–Crippen LogP) is 6.54. The molecular weight excluding hydrogens is 591 g/mol. The van der Waals surface area contributed by atoms with Gasteiger partial charge in [0.2, 0.25) is 5.91 Å². The first-order valence-electron chi connectivity index (χ1n) is 15.5. The van der Waals surface area contributed by atoms with E-state index >= 15 is 0 Å². The molecule has 4 aromatic carbocycles. The maximum atomic E-state index is 14.3. The van der Waals surface area contributed by atoms with Gasteiger partial charge in [-0.25, -0.2) is 4.98 Å². The van der Waals surface area contributed by atoms with Crippen molar-refractivity contribution in [2.75, 3.05) is 12.3 Å². The molecule has 1 fully saturated rings. The number of nitrogens with zero attached hydrogens (tertiary/aromatic N) is 2. The summed E-state index contributed by atoms with van der Waals surface area (Å²) in [6.07, 6.45) is 2.50. The van der Waals surface area contributed by atoms with Gasteiger partial charge in [-0.15, -0.1) is 11.3 Å². The van der Waals surface area contributed by atoms with E-state index in [-0.39, 0.29) is 24.2 Å². The number of nitrogen functional groups attached to an aromatic ring is 1. The number of thiophene rings is 1. The molecule has 7 nitrogen and oxygen atoms in total. The summed E-state index contributed by atoms with van der Waals surface area (Å²) in [7, 11) is 0. The van der Waals surface area contributed by atoms with Gasteiger partial charge >= 0.3 is 0 Å². The number of carbonyl (C=O) groups excluding carboxylic acids is 2. The Labute approximate surface area is 271 Å². The van der Waals surface area contributed by atoms with E-state index in [4.69, 9.17) is 11.5 Å². The number of carbonyl (C=O) groups is 2. The second-order valence-electron chi connectivity index (χ2n) is 11.9. The molecule has 1 unspecified atom stereocenters. The highest BCUT2D eigenvalue weighted by Gasteiger charge is 2.55. The van der Waals surface area contributed by atoms with Crippen molar-refractivity contribution in [2.45, 2.75) is 36.9 Å². The van der Waals surface area contributed by atoms with Gasteiger partial charge in [-0.2, -0.15) is 0 Å². The van der Waals surface area contributed by atoms with Crippen LogP contribution in [0.2, 0.25) is 0 Å². The Hall–Kier alpha value is -5.05. The smallest absolute Gasteiger partial charge is 0.259 e. The van der Waals surface area contributed by atoms with E-state index in [9.17, 15) is 9.59 Å². The molecule has 2 amide bonds. The van der Waals surface area contributed by atoms with Crippen LogP contribution in [0.3, 0.4) is 0 Å². The van der Waals surface area contributed by atoms with Gasteiger partial charge in [-0.3, -0.25) is 14.5 Å². The highest BCUT2D eigenvalue weighted by molar-refractivity contribution is 7.19. The largest absolute Gasteiger partial charge is 0.383 e. The van der Waals surface area contributed by atoms with E-state index in [2.05, 4.69) is 34.6 Å². The Morgan fingerprint density at radius 2 is 1.57 bits per heavy atom. The number of pyridine rings is 1. The van der Waals surface area contributed by atoms with Crippen molar-refractivity contribution in [3.8, 4) is 0 Å². The van der Waals surface area contributed by atoms with Gasteiger partial charge in [0.1, 0.15) is 5.82 Å². The Bertz CT molecular complexity index is 1980. The third-order valence-electron chi connectivity index (χ3n) is 9.26. The molecule has 0 saturated carbocycles. The minimum atomic E-state index is -1.46. The summed E-state index contributed by atoms with van der Waals surface area (Å²) in [4.78, 5) is 35.6. The molecule has 3 heterocycles. The fourth-order valence-corrected chi connectivity index (χ4v) is 8.22. The number of hydrogen-bond donors (Lipinski definition) is 3. The molecular formula is C38H35N5O2S. The molecule has 7 rings (SSSR count). The zero-order valence-electron chi connectivity index (χ0n) is 25.3. The number of nitrogens with one attached hydrogen (secondary N) is 1. The van der Waals surface area contributed by atoms with Crippen molar-refractivity contribution in [3.05, 3.63) is 143 Å². The summed E-state index contributed by atoms with van der Waals surface area (Å²) >= 11 is 1.61. The first-order chi connectivity index (χ1) is 22.4. The molecule has 5 N–H and O–H groups in total. The van der Waals surface area contributed by atoms with Crippen LogP contribution in [0.1, 0.15) is 46.2 Å². The summed E-state index contributed by atoms with van der Waals surface area (Å²) in [5, 5.41) is 6.27. The molecule has 230 valence electrons. The summed E-state index contributed by atoms with van der Waals surface area (Å²) in [6, 6.07) is 38.3. The molecule has 0 radical (unpaired) electrons. The third kappa shape index (κ3) is 5.40. The van der Waals surface area contributed by atoms with Crippen LogP contribution in [0.5, 0.6) is 0 Å². The van der Waals surface area contributed by atoms with Crippen molar-refractivity contribution in [1.29, 1.82) is 0 Å². The van der Waals surface area contributed by atoms with Gasteiger partial charge in [0.15, 0.2) is 5.66 Å². The van der Waals surface area contributed by atoms with E-state index in [0.29, 0.717) is 25.3 Å². The summed E-state index contributed by atoms with van der Waals surface area (Å²) in [5.74, 6) is -0.908. The normalized spacial score (nSPS) is 18.3. The van der Waals surface area contributed by atoms with Crippen LogP contribution in [0.25, 0.3) is 20.9 Å². The number of hydrogen-bond acceptors (Lipinski definition) is 6. The van der Waals surface area contributed by atoms with Crippen LogP contribution < -0.4 is 16.8 Å². The lowest BCUT2D eigenvalue weighted by Crippen LogP contribution is -2.67. The van der Waals surface area contributed by atoms with Crippen molar-refractivity contribution in [1.82, 2.24) is 15.2 Å². The molecule has 6 aromatic rings. The lowest BCUT2D eigenvalue weighted by molar-refractivity contribution is -0.139. The quantitative estimate of drug-likeness (QED) is 0.169. The molecule has 0 aliphatic carbocycles. The SMILES string of the molecule is NC(=O)[C@]1(NC(=O)CC(c2ccccc2)c2ccccc2)C(c2cccc3ccccc23)CCN1Cc1cc2c(N)nccc2s1. The summed E-state index contributed by atoms with van der Waals surface area (Å²) in [6.45, 7) is 0.990. The molecule has 2 aromatic heterocycles. The van der Waals surface area contributed by atoms with Gasteiger partial charge in [0.25, 0.3) is 5.91 Å². The van der Waals surface area contributed by atoms with E-state index in [0.717, 1.165) is 42.4 Å². The maximum absolute atomic E-state index is 14.3. The maximum Gasteiger partial charge on any atom is 0.259 e. The van der Waals surface area contributed by atoms with Crippen LogP contribution in [0, 0.1) is 0 Å². The van der Waals surface area contributed by atoms with Crippen LogP contribution in [0.4, 0.5) is 5.82 Å². The fraction of sp³-hybridized carbons (Fsp3) is 0.184. The number of anilines is 1. The monoisotopic (exact) mass is 625 g/mol. The number of fused-ring (bicyclic) bond motifs is 2. The summed E-state index contributed by atoms with van der Waals surface area (Å²) in [5.41, 5.74) is 14.2. The van der Waals surface area contributed by atoms with Crippen LogP contribution in [-0.2, 0) is 16.1 Å². The molecule has 1 saturated heterocycles. The van der Waals surface area contributed by atoms with Crippen molar-refractivity contribution in [3.63, 3.8) is 0 Å². The summed E-state index contributed by atoms with van der Waals surface area (Å²) < 4.78 is 1.02. The number of amides is 2. The van der Waals surface area contributed by atoms with Gasteiger partial charge in [-0.1, -0.05) is 103 Å². The number of benzene rings is 4. The second kappa shape index (κ2) is 12.4. The standard InChI is InChI=1S/C38H35N5O2S/c39-36-32-22-28(46-34(32)18-20-41-36)24-43-21-19-33(30-17-9-15-25-14-7-8-16-29(25)30)38(43,37(40)45)42-35(44)23-31(26-10-3-1-4-11-26)27-12-5-2-6-13-27/h1-18,20,22,31,33H,19,21,23-24H2,(H2,39,41)(H2,40,45)(H,42,44)/t33?,38-/m0/s1. The van der Waals surface area contributed by atoms with Gasteiger partial charge < -0.3 is 16.8 Å². The Morgan fingerprint density at radius 1 is 0.891 bits per heavy atom. The number of primary amides is 1. The third-order valence-corrected chi connectivity index (χ3v) is 10.3. The first-order valence-corrected chi connectivity index (χ1v) is 16.3. The second-order valence-corrected chi connectivity index (χ2v) is 13.1. The van der Waals surface area contributed by atoms with Crippen molar-refractivity contribution < 1.29 is 9.59 Å². The molecule has 8 heteroatoms.